The van der Waals surface area contributed by atoms with Crippen LogP contribution in [0.4, 0.5) is 5.69 Å². The number of hydrogen-bond acceptors (Lipinski definition) is 5. The van der Waals surface area contributed by atoms with Gasteiger partial charge in [-0.15, -0.1) is 0 Å². The van der Waals surface area contributed by atoms with Gasteiger partial charge >= 0.3 is 0 Å². The Bertz CT molecular complexity index is 497. The standard InChI is InChI=1S/C13H18N4O3/c1-9(7-12(14)18)16-17-13(19)8-15-10-3-5-11(20-2)6-4-10/h3-6,15H,7-8H2,1-2H3,(H2,14,18)(H,17,19)/b16-9+. The molecule has 0 heterocycles. The van der Waals surface area contributed by atoms with Gasteiger partial charge in [0.1, 0.15) is 5.75 Å². The molecule has 0 aliphatic heterocycles. The van der Waals surface area contributed by atoms with Crippen LogP contribution in [0.25, 0.3) is 0 Å². The molecule has 0 saturated heterocycles. The number of hydrogen-bond donors (Lipinski definition) is 3. The molecular weight excluding hydrogens is 260 g/mol. The zero-order valence-corrected chi connectivity index (χ0v) is 11.5. The predicted molar refractivity (Wildman–Crippen MR) is 76.5 cm³/mol. The van der Waals surface area contributed by atoms with Gasteiger partial charge in [0, 0.05) is 11.4 Å². The van der Waals surface area contributed by atoms with Crippen molar-refractivity contribution >= 4 is 23.2 Å². The van der Waals surface area contributed by atoms with Crippen LogP contribution < -0.4 is 21.2 Å². The maximum absolute atomic E-state index is 11.5. The Morgan fingerprint density at radius 1 is 1.30 bits per heavy atom. The quantitative estimate of drug-likeness (QED) is 0.498. The lowest BCUT2D eigenvalue weighted by atomic mass is 10.3. The number of methoxy groups -OCH3 is 1. The minimum atomic E-state index is -0.489. The van der Waals surface area contributed by atoms with Crippen LogP contribution in [0.3, 0.4) is 0 Å². The number of rotatable bonds is 7. The molecule has 0 atom stereocenters. The summed E-state index contributed by atoms with van der Waals surface area (Å²) < 4.78 is 5.03. The lowest BCUT2D eigenvalue weighted by Gasteiger charge is -2.06. The van der Waals surface area contributed by atoms with Crippen LogP contribution in [0.5, 0.6) is 5.75 Å². The fourth-order valence-electron chi connectivity index (χ4n) is 1.38. The van der Waals surface area contributed by atoms with Crippen molar-refractivity contribution in [3.8, 4) is 5.75 Å². The molecule has 1 aromatic carbocycles. The van der Waals surface area contributed by atoms with E-state index in [1.165, 1.54) is 0 Å². The molecule has 0 spiro atoms. The maximum atomic E-state index is 11.5. The highest BCUT2D eigenvalue weighted by Gasteiger charge is 2.02. The summed E-state index contributed by atoms with van der Waals surface area (Å²) in [5.41, 5.74) is 8.58. The van der Waals surface area contributed by atoms with Crippen LogP contribution in [0.1, 0.15) is 13.3 Å². The zero-order chi connectivity index (χ0) is 15.0. The van der Waals surface area contributed by atoms with E-state index in [1.807, 2.05) is 0 Å². The molecule has 4 N–H and O–H groups in total. The Morgan fingerprint density at radius 3 is 2.50 bits per heavy atom. The second-order valence-electron chi connectivity index (χ2n) is 4.11. The highest BCUT2D eigenvalue weighted by molar-refractivity contribution is 5.99. The molecule has 2 amide bonds. The van der Waals surface area contributed by atoms with Crippen molar-refractivity contribution in [3.63, 3.8) is 0 Å². The molecule has 0 radical (unpaired) electrons. The summed E-state index contributed by atoms with van der Waals surface area (Å²) in [6.07, 6.45) is 0.0200. The minimum absolute atomic E-state index is 0.0200. The molecule has 7 heteroatoms. The number of primary amides is 1. The summed E-state index contributed by atoms with van der Waals surface area (Å²) >= 11 is 0. The van der Waals surface area contributed by atoms with E-state index in [0.717, 1.165) is 11.4 Å². The van der Waals surface area contributed by atoms with Gasteiger partial charge in [0.25, 0.3) is 5.91 Å². The first-order valence-corrected chi connectivity index (χ1v) is 5.99. The van der Waals surface area contributed by atoms with E-state index in [2.05, 4.69) is 15.8 Å². The van der Waals surface area contributed by atoms with Crippen molar-refractivity contribution in [1.82, 2.24) is 5.43 Å². The first kappa shape index (κ1) is 15.5. The number of amides is 2. The lowest BCUT2D eigenvalue weighted by molar-refractivity contribution is -0.119. The van der Waals surface area contributed by atoms with Crippen LogP contribution in [-0.2, 0) is 9.59 Å². The van der Waals surface area contributed by atoms with Crippen LogP contribution in [-0.4, -0.2) is 31.2 Å². The van der Waals surface area contributed by atoms with Crippen LogP contribution in [0.2, 0.25) is 0 Å². The third-order valence-electron chi connectivity index (χ3n) is 2.34. The van der Waals surface area contributed by atoms with Crippen LogP contribution in [0.15, 0.2) is 29.4 Å². The molecule has 108 valence electrons. The fourth-order valence-corrected chi connectivity index (χ4v) is 1.38. The topological polar surface area (TPSA) is 106 Å². The SMILES string of the molecule is COc1ccc(NCC(=O)N/N=C(\C)CC(N)=O)cc1. The fraction of sp³-hybridized carbons (Fsp3) is 0.308. The Labute approximate surface area is 117 Å². The number of anilines is 1. The highest BCUT2D eigenvalue weighted by atomic mass is 16.5. The number of carbonyl (C=O) groups is 2. The van der Waals surface area contributed by atoms with E-state index in [4.69, 9.17) is 10.5 Å². The van der Waals surface area contributed by atoms with E-state index in [-0.39, 0.29) is 18.9 Å². The predicted octanol–water partition coefficient (Wildman–Crippen LogP) is 0.475. The summed E-state index contributed by atoms with van der Waals surface area (Å²) in [4.78, 5) is 22.1. The highest BCUT2D eigenvalue weighted by Crippen LogP contribution is 2.14. The van der Waals surface area contributed by atoms with Gasteiger partial charge in [0.15, 0.2) is 0 Å². The number of benzene rings is 1. The third kappa shape index (κ3) is 5.85. The number of nitrogens with zero attached hydrogens (tertiary/aromatic N) is 1. The Morgan fingerprint density at radius 2 is 1.95 bits per heavy atom. The molecule has 0 aromatic heterocycles. The first-order valence-electron chi connectivity index (χ1n) is 5.99. The monoisotopic (exact) mass is 278 g/mol. The van der Waals surface area contributed by atoms with Crippen LogP contribution >= 0.6 is 0 Å². The molecule has 7 nitrogen and oxygen atoms in total. The number of ether oxygens (including phenoxy) is 1. The summed E-state index contributed by atoms with van der Waals surface area (Å²) in [5, 5.41) is 6.69. The molecule has 1 rings (SSSR count). The van der Waals surface area contributed by atoms with E-state index >= 15 is 0 Å². The summed E-state index contributed by atoms with van der Waals surface area (Å²) in [5.74, 6) is -0.0619. The second kappa shape index (κ2) is 7.78. The Kier molecular flexibility index (Phi) is 6.02. The van der Waals surface area contributed by atoms with Gasteiger partial charge in [0.05, 0.1) is 20.1 Å². The normalized spacial score (nSPS) is 10.8. The van der Waals surface area contributed by atoms with Crippen molar-refractivity contribution in [3.05, 3.63) is 24.3 Å². The molecule has 20 heavy (non-hydrogen) atoms. The van der Waals surface area contributed by atoms with Crippen LogP contribution in [0, 0.1) is 0 Å². The summed E-state index contributed by atoms with van der Waals surface area (Å²) in [6.45, 7) is 1.68. The van der Waals surface area contributed by atoms with Gasteiger partial charge in [-0.3, -0.25) is 9.59 Å². The average molecular weight is 278 g/mol. The van der Waals surface area contributed by atoms with E-state index in [0.29, 0.717) is 5.71 Å². The average Bonchev–Trinajstić information content (AvgIpc) is 2.42. The lowest BCUT2D eigenvalue weighted by Crippen LogP contribution is -2.27. The first-order chi connectivity index (χ1) is 9.51. The molecule has 0 bridgehead atoms. The molecule has 0 aliphatic rings. The Hall–Kier alpha value is -2.57. The summed E-state index contributed by atoms with van der Waals surface area (Å²) in [7, 11) is 1.59. The van der Waals surface area contributed by atoms with Crippen molar-refractivity contribution < 1.29 is 14.3 Å². The number of hydrazone groups is 1. The number of nitrogens with two attached hydrogens (primary N) is 1. The molecule has 0 aliphatic carbocycles. The molecule has 0 fully saturated rings. The van der Waals surface area contributed by atoms with Gasteiger partial charge in [0.2, 0.25) is 5.91 Å². The molecule has 1 aromatic rings. The van der Waals surface area contributed by atoms with Gasteiger partial charge in [-0.25, -0.2) is 5.43 Å². The van der Waals surface area contributed by atoms with E-state index in [1.54, 1.807) is 38.3 Å². The maximum Gasteiger partial charge on any atom is 0.259 e. The second-order valence-corrected chi connectivity index (χ2v) is 4.11. The van der Waals surface area contributed by atoms with Crippen molar-refractivity contribution in [2.24, 2.45) is 10.8 Å². The van der Waals surface area contributed by atoms with Crippen molar-refractivity contribution in [2.45, 2.75) is 13.3 Å². The molecule has 0 unspecified atom stereocenters. The smallest absolute Gasteiger partial charge is 0.259 e. The van der Waals surface area contributed by atoms with Gasteiger partial charge in [-0.2, -0.15) is 5.10 Å². The third-order valence-corrected chi connectivity index (χ3v) is 2.34. The van der Waals surface area contributed by atoms with Crippen molar-refractivity contribution in [1.29, 1.82) is 0 Å². The number of carbonyl (C=O) groups excluding carboxylic acids is 2. The Balaban J connectivity index is 2.37. The van der Waals surface area contributed by atoms with Gasteiger partial charge in [-0.1, -0.05) is 0 Å². The van der Waals surface area contributed by atoms with E-state index in [9.17, 15) is 9.59 Å². The number of nitrogens with one attached hydrogen (secondary N) is 2. The molecular formula is C13H18N4O3. The minimum Gasteiger partial charge on any atom is -0.497 e. The summed E-state index contributed by atoms with van der Waals surface area (Å²) in [6, 6.07) is 7.17. The van der Waals surface area contributed by atoms with Crippen molar-refractivity contribution in [2.75, 3.05) is 19.0 Å². The molecule has 0 saturated carbocycles. The van der Waals surface area contributed by atoms with Gasteiger partial charge < -0.3 is 15.8 Å². The largest absolute Gasteiger partial charge is 0.497 e. The van der Waals surface area contributed by atoms with E-state index < -0.39 is 5.91 Å². The zero-order valence-electron chi connectivity index (χ0n) is 11.5. The van der Waals surface area contributed by atoms with Gasteiger partial charge in [-0.05, 0) is 31.2 Å².